The van der Waals surface area contributed by atoms with E-state index in [0.29, 0.717) is 29.5 Å². The molecule has 5 rings (SSSR count). The number of fused-ring (bicyclic) bond motifs is 2. The molecule has 0 saturated carbocycles. The highest BCUT2D eigenvalue weighted by Gasteiger charge is 2.25. The average Bonchev–Trinajstić information content (AvgIpc) is 3.14. The summed E-state index contributed by atoms with van der Waals surface area (Å²) in [5.41, 5.74) is 11.5. The van der Waals surface area contributed by atoms with Gasteiger partial charge in [0.2, 0.25) is 0 Å². The molecule has 0 radical (unpaired) electrons. The smallest absolute Gasteiger partial charge is 0.252 e. The molecule has 0 fully saturated rings. The summed E-state index contributed by atoms with van der Waals surface area (Å²) in [6.45, 7) is 4.83. The standard InChI is InChI=1S/C25H26N6O/c1-15-8-6-11-18-20(15)29-24(30-23(18)27-14-17-9-4-3-5-10-17)21-16(2)28-25-19(22(26)32)12-7-13-31(21)25/h3-5,7,9-10,12-13,15H,6,8,11,14H2,1-2H3,(H2,26,32)(H,27,29,30). The van der Waals surface area contributed by atoms with Crippen LogP contribution in [0.3, 0.4) is 0 Å². The first-order valence-corrected chi connectivity index (χ1v) is 11.0. The van der Waals surface area contributed by atoms with Crippen molar-refractivity contribution in [1.29, 1.82) is 0 Å². The number of hydrogen-bond acceptors (Lipinski definition) is 5. The SMILES string of the molecule is Cc1nc2c(C(N)=O)cccn2c1-c1nc(NCc2ccccc2)c2c(n1)C(C)CCC2. The van der Waals surface area contributed by atoms with E-state index in [2.05, 4.69) is 29.4 Å². The highest BCUT2D eigenvalue weighted by atomic mass is 16.1. The first kappa shape index (κ1) is 20.2. The number of hydrogen-bond donors (Lipinski definition) is 2. The van der Waals surface area contributed by atoms with E-state index in [1.165, 1.54) is 11.1 Å². The summed E-state index contributed by atoms with van der Waals surface area (Å²) >= 11 is 0. The molecule has 3 N–H and O–H groups in total. The number of rotatable bonds is 5. The molecule has 0 bridgehead atoms. The van der Waals surface area contributed by atoms with Crippen LogP contribution in [0, 0.1) is 6.92 Å². The molecule has 4 aromatic rings. The maximum Gasteiger partial charge on any atom is 0.252 e. The van der Waals surface area contributed by atoms with Crippen LogP contribution < -0.4 is 11.1 Å². The Morgan fingerprint density at radius 1 is 1.16 bits per heavy atom. The second-order valence-electron chi connectivity index (χ2n) is 8.42. The van der Waals surface area contributed by atoms with E-state index in [0.717, 1.165) is 42.2 Å². The maximum atomic E-state index is 11.9. The van der Waals surface area contributed by atoms with Gasteiger partial charge in [-0.1, -0.05) is 37.3 Å². The molecule has 1 amide bonds. The minimum Gasteiger partial charge on any atom is -0.366 e. The van der Waals surface area contributed by atoms with Crippen LogP contribution >= 0.6 is 0 Å². The lowest BCUT2D eigenvalue weighted by Crippen LogP contribution is -2.16. The van der Waals surface area contributed by atoms with E-state index in [9.17, 15) is 4.79 Å². The summed E-state index contributed by atoms with van der Waals surface area (Å²) in [6.07, 6.45) is 5.09. The number of anilines is 1. The summed E-state index contributed by atoms with van der Waals surface area (Å²) in [4.78, 5) is 26.5. The maximum absolute atomic E-state index is 11.9. The van der Waals surface area contributed by atoms with Crippen LogP contribution in [0.1, 0.15) is 58.6 Å². The third kappa shape index (κ3) is 3.49. The van der Waals surface area contributed by atoms with Crippen molar-refractivity contribution in [3.05, 3.63) is 76.7 Å². The van der Waals surface area contributed by atoms with Gasteiger partial charge in [-0.05, 0) is 49.8 Å². The van der Waals surface area contributed by atoms with Gasteiger partial charge in [-0.3, -0.25) is 9.20 Å². The molecule has 1 aliphatic carbocycles. The number of primary amides is 1. The molecule has 32 heavy (non-hydrogen) atoms. The zero-order valence-electron chi connectivity index (χ0n) is 18.3. The molecule has 0 spiro atoms. The number of aryl methyl sites for hydroxylation is 1. The predicted molar refractivity (Wildman–Crippen MR) is 125 cm³/mol. The summed E-state index contributed by atoms with van der Waals surface area (Å²) in [5.74, 6) is 1.34. The van der Waals surface area contributed by atoms with Crippen LogP contribution in [0.4, 0.5) is 5.82 Å². The van der Waals surface area contributed by atoms with Gasteiger partial charge in [0.1, 0.15) is 17.2 Å². The Balaban J connectivity index is 1.65. The molecule has 3 aromatic heterocycles. The fourth-order valence-corrected chi connectivity index (χ4v) is 4.55. The van der Waals surface area contributed by atoms with Crippen LogP contribution in [0.25, 0.3) is 17.2 Å². The minimum absolute atomic E-state index is 0.360. The zero-order valence-corrected chi connectivity index (χ0v) is 18.3. The summed E-state index contributed by atoms with van der Waals surface area (Å²) in [5, 5.41) is 3.55. The van der Waals surface area contributed by atoms with Crippen molar-refractivity contribution in [2.24, 2.45) is 5.73 Å². The number of benzene rings is 1. The molecule has 1 aliphatic rings. The lowest BCUT2D eigenvalue weighted by atomic mass is 9.88. The van der Waals surface area contributed by atoms with Gasteiger partial charge in [0.15, 0.2) is 5.82 Å². The highest BCUT2D eigenvalue weighted by Crippen LogP contribution is 2.36. The van der Waals surface area contributed by atoms with Crippen LogP contribution in [-0.2, 0) is 13.0 Å². The van der Waals surface area contributed by atoms with Crippen LogP contribution in [0.15, 0.2) is 48.7 Å². The van der Waals surface area contributed by atoms with Crippen molar-refractivity contribution in [3.8, 4) is 11.5 Å². The largest absolute Gasteiger partial charge is 0.366 e. The monoisotopic (exact) mass is 426 g/mol. The molecule has 7 nitrogen and oxygen atoms in total. The number of imidazole rings is 1. The molecule has 3 heterocycles. The Morgan fingerprint density at radius 3 is 2.75 bits per heavy atom. The molecule has 162 valence electrons. The fourth-order valence-electron chi connectivity index (χ4n) is 4.55. The van der Waals surface area contributed by atoms with E-state index in [1.807, 2.05) is 35.7 Å². The van der Waals surface area contributed by atoms with Crippen molar-refractivity contribution in [3.63, 3.8) is 0 Å². The van der Waals surface area contributed by atoms with Gasteiger partial charge in [-0.2, -0.15) is 0 Å². The predicted octanol–water partition coefficient (Wildman–Crippen LogP) is 4.25. The van der Waals surface area contributed by atoms with Crippen molar-refractivity contribution in [2.45, 2.75) is 45.6 Å². The van der Waals surface area contributed by atoms with E-state index < -0.39 is 5.91 Å². The number of pyridine rings is 1. The van der Waals surface area contributed by atoms with Gasteiger partial charge < -0.3 is 11.1 Å². The molecule has 0 saturated heterocycles. The second-order valence-corrected chi connectivity index (χ2v) is 8.42. The van der Waals surface area contributed by atoms with Gasteiger partial charge >= 0.3 is 0 Å². The molecular weight excluding hydrogens is 400 g/mol. The van der Waals surface area contributed by atoms with Crippen LogP contribution in [0.5, 0.6) is 0 Å². The number of nitrogens with zero attached hydrogens (tertiary/aromatic N) is 4. The normalized spacial score (nSPS) is 15.5. The first-order valence-electron chi connectivity index (χ1n) is 11.0. The zero-order chi connectivity index (χ0) is 22.2. The lowest BCUT2D eigenvalue weighted by molar-refractivity contribution is 0.100. The second kappa shape index (κ2) is 8.07. The highest BCUT2D eigenvalue weighted by molar-refractivity contribution is 5.99. The van der Waals surface area contributed by atoms with Crippen LogP contribution in [-0.4, -0.2) is 25.3 Å². The van der Waals surface area contributed by atoms with E-state index in [-0.39, 0.29) is 0 Å². The summed E-state index contributed by atoms with van der Waals surface area (Å²) < 4.78 is 1.87. The summed E-state index contributed by atoms with van der Waals surface area (Å²) in [6, 6.07) is 13.8. The Bertz CT molecular complexity index is 1310. The first-order chi connectivity index (χ1) is 15.5. The van der Waals surface area contributed by atoms with Crippen LogP contribution in [0.2, 0.25) is 0 Å². The Kier molecular flexibility index (Phi) is 5.09. The van der Waals surface area contributed by atoms with Crippen molar-refractivity contribution >= 4 is 17.4 Å². The topological polar surface area (TPSA) is 98.2 Å². The number of carbonyl (C=O) groups excluding carboxylic acids is 1. The number of nitrogens with two attached hydrogens (primary N) is 1. The molecule has 1 atom stereocenters. The Hall–Kier alpha value is -3.74. The van der Waals surface area contributed by atoms with Gasteiger partial charge in [0.25, 0.3) is 5.91 Å². The van der Waals surface area contributed by atoms with Gasteiger partial charge in [0, 0.05) is 18.3 Å². The number of carbonyl (C=O) groups is 1. The van der Waals surface area contributed by atoms with E-state index >= 15 is 0 Å². The van der Waals surface area contributed by atoms with Gasteiger partial charge in [-0.15, -0.1) is 0 Å². The Morgan fingerprint density at radius 2 is 1.97 bits per heavy atom. The molecule has 7 heteroatoms. The van der Waals surface area contributed by atoms with Crippen molar-refractivity contribution in [1.82, 2.24) is 19.4 Å². The van der Waals surface area contributed by atoms with E-state index in [1.54, 1.807) is 12.1 Å². The fraction of sp³-hybridized carbons (Fsp3) is 0.280. The molecule has 0 aliphatic heterocycles. The molecular formula is C25H26N6O. The molecule has 1 aromatic carbocycles. The quantitative estimate of drug-likeness (QED) is 0.497. The van der Waals surface area contributed by atoms with E-state index in [4.69, 9.17) is 15.7 Å². The lowest BCUT2D eigenvalue weighted by Gasteiger charge is -2.24. The summed E-state index contributed by atoms with van der Waals surface area (Å²) in [7, 11) is 0. The number of nitrogens with one attached hydrogen (secondary N) is 1. The Labute approximate surface area is 186 Å². The van der Waals surface area contributed by atoms with Gasteiger partial charge in [-0.25, -0.2) is 15.0 Å². The molecule has 1 unspecified atom stereocenters. The third-order valence-corrected chi connectivity index (χ3v) is 6.17. The van der Waals surface area contributed by atoms with Gasteiger partial charge in [0.05, 0.1) is 17.0 Å². The minimum atomic E-state index is -0.502. The number of amides is 1. The average molecular weight is 427 g/mol. The number of aromatic nitrogens is 4. The van der Waals surface area contributed by atoms with Crippen molar-refractivity contribution in [2.75, 3.05) is 5.32 Å². The van der Waals surface area contributed by atoms with Crippen molar-refractivity contribution < 1.29 is 4.79 Å². The third-order valence-electron chi connectivity index (χ3n) is 6.17.